The predicted octanol–water partition coefficient (Wildman–Crippen LogP) is 4.49. The molecular formula is C11H8BrF5O2. The molecule has 0 aromatic heterocycles. The van der Waals surface area contributed by atoms with Crippen LogP contribution in [-0.2, 0) is 0 Å². The van der Waals surface area contributed by atoms with E-state index in [-0.39, 0.29) is 5.56 Å². The Kier molecular flexibility index (Phi) is 4.89. The molecule has 0 saturated carbocycles. The lowest BCUT2D eigenvalue weighted by Crippen LogP contribution is -2.18. The van der Waals surface area contributed by atoms with E-state index in [9.17, 15) is 26.7 Å². The molecule has 0 fully saturated rings. The van der Waals surface area contributed by atoms with Gasteiger partial charge in [0.05, 0.1) is 4.83 Å². The number of hydrogen-bond donors (Lipinski definition) is 0. The zero-order chi connectivity index (χ0) is 14.8. The zero-order valence-corrected chi connectivity index (χ0v) is 11.1. The van der Waals surface area contributed by atoms with Gasteiger partial charge in [0.1, 0.15) is 5.75 Å². The third kappa shape index (κ3) is 4.77. The van der Waals surface area contributed by atoms with Crippen molar-refractivity contribution in [3.63, 3.8) is 0 Å². The molecule has 1 aromatic carbocycles. The van der Waals surface area contributed by atoms with Crippen LogP contribution in [0.3, 0.4) is 0 Å². The fourth-order valence-electron chi connectivity index (χ4n) is 1.31. The lowest BCUT2D eigenvalue weighted by atomic mass is 10.1. The Morgan fingerprint density at radius 1 is 1.26 bits per heavy atom. The number of alkyl halides is 6. The number of Topliss-reactive ketones (excluding diaryl/α,β-unsaturated/α-hetero) is 1. The van der Waals surface area contributed by atoms with Crippen LogP contribution in [0, 0.1) is 0 Å². The summed E-state index contributed by atoms with van der Waals surface area (Å²) >= 11 is 2.92. The molecule has 1 unspecified atom stereocenters. The van der Waals surface area contributed by atoms with Gasteiger partial charge in [0.15, 0.2) is 5.78 Å². The summed E-state index contributed by atoms with van der Waals surface area (Å²) in [6.07, 6.45) is -8.02. The molecule has 0 N–H and O–H groups in total. The second-order valence-electron chi connectivity index (χ2n) is 3.62. The van der Waals surface area contributed by atoms with Crippen molar-refractivity contribution >= 4 is 21.7 Å². The first-order valence-electron chi connectivity index (χ1n) is 4.97. The van der Waals surface area contributed by atoms with Gasteiger partial charge in [-0.1, -0.05) is 15.9 Å². The fraction of sp³-hybridized carbons (Fsp3) is 0.364. The van der Waals surface area contributed by atoms with Crippen molar-refractivity contribution in [2.24, 2.45) is 0 Å². The maximum absolute atomic E-state index is 12.6. The molecule has 1 aromatic rings. The quantitative estimate of drug-likeness (QED) is 0.456. The summed E-state index contributed by atoms with van der Waals surface area (Å²) in [5, 5.41) is 0. The van der Waals surface area contributed by atoms with Gasteiger partial charge in [-0.3, -0.25) is 4.79 Å². The van der Waals surface area contributed by atoms with Gasteiger partial charge < -0.3 is 4.74 Å². The molecule has 0 amide bonds. The van der Waals surface area contributed by atoms with E-state index in [4.69, 9.17) is 0 Å². The van der Waals surface area contributed by atoms with E-state index in [1.54, 1.807) is 0 Å². The van der Waals surface area contributed by atoms with Crippen LogP contribution < -0.4 is 4.74 Å². The predicted molar refractivity (Wildman–Crippen MR) is 60.8 cm³/mol. The number of ketones is 1. The lowest BCUT2D eigenvalue weighted by Gasteiger charge is -2.12. The van der Waals surface area contributed by atoms with Crippen LogP contribution >= 0.6 is 15.9 Å². The first-order chi connectivity index (χ1) is 8.60. The van der Waals surface area contributed by atoms with Gasteiger partial charge in [-0.25, -0.2) is 8.78 Å². The highest BCUT2D eigenvalue weighted by molar-refractivity contribution is 9.10. The fourth-order valence-corrected chi connectivity index (χ4v) is 1.58. The summed E-state index contributed by atoms with van der Waals surface area (Å²) in [7, 11) is 0. The van der Waals surface area contributed by atoms with Crippen molar-refractivity contribution in [1.29, 1.82) is 0 Å². The van der Waals surface area contributed by atoms with Crippen LogP contribution in [0.25, 0.3) is 0 Å². The molecule has 1 rings (SSSR count). The van der Waals surface area contributed by atoms with Crippen LogP contribution in [0.4, 0.5) is 22.0 Å². The molecule has 0 saturated heterocycles. The van der Waals surface area contributed by atoms with Crippen molar-refractivity contribution in [3.8, 4) is 5.75 Å². The molecule has 1 atom stereocenters. The van der Waals surface area contributed by atoms with Gasteiger partial charge in [0.25, 0.3) is 6.43 Å². The van der Waals surface area contributed by atoms with Crippen LogP contribution in [-0.4, -0.2) is 17.0 Å². The van der Waals surface area contributed by atoms with Crippen molar-refractivity contribution in [2.75, 3.05) is 0 Å². The smallest absolute Gasteiger partial charge is 0.406 e. The number of halogens is 6. The molecule has 19 heavy (non-hydrogen) atoms. The molecule has 0 bridgehead atoms. The summed E-state index contributed by atoms with van der Waals surface area (Å²) in [5.41, 5.74) is -0.986. The monoisotopic (exact) mass is 346 g/mol. The first kappa shape index (κ1) is 15.9. The molecule has 106 valence electrons. The first-order valence-corrected chi connectivity index (χ1v) is 5.89. The van der Waals surface area contributed by atoms with E-state index in [0.717, 1.165) is 12.1 Å². The number of carbonyl (C=O) groups excluding carboxylic acids is 1. The molecular weight excluding hydrogens is 339 g/mol. The second kappa shape index (κ2) is 5.85. The Bertz CT molecular complexity index is 471. The highest BCUT2D eigenvalue weighted by Crippen LogP contribution is 2.30. The van der Waals surface area contributed by atoms with Gasteiger partial charge in [0.2, 0.25) is 0 Å². The Labute approximate surface area is 113 Å². The van der Waals surface area contributed by atoms with Crippen molar-refractivity contribution in [2.45, 2.75) is 24.5 Å². The summed E-state index contributed by atoms with van der Waals surface area (Å²) < 4.78 is 64.9. The molecule has 0 aliphatic rings. The normalized spacial score (nSPS) is 13.5. The maximum atomic E-state index is 12.6. The average molecular weight is 347 g/mol. The minimum absolute atomic E-state index is 0.276. The second-order valence-corrected chi connectivity index (χ2v) is 4.99. The highest BCUT2D eigenvalue weighted by atomic mass is 79.9. The molecule has 0 spiro atoms. The molecule has 0 heterocycles. The van der Waals surface area contributed by atoms with E-state index < -0.39 is 34.7 Å². The van der Waals surface area contributed by atoms with Crippen LogP contribution in [0.5, 0.6) is 5.75 Å². The standard InChI is InChI=1S/C11H8BrF5O2/c1-5(12)9(18)6-2-7(10(13)14)4-8(3-6)19-11(15,16)17/h2-5,10H,1H3. The van der Waals surface area contributed by atoms with Gasteiger partial charge in [-0.2, -0.15) is 0 Å². The van der Waals surface area contributed by atoms with Crippen LogP contribution in [0.2, 0.25) is 0 Å². The van der Waals surface area contributed by atoms with Crippen LogP contribution in [0.15, 0.2) is 18.2 Å². The number of rotatable bonds is 4. The number of hydrogen-bond acceptors (Lipinski definition) is 2. The minimum Gasteiger partial charge on any atom is -0.406 e. The van der Waals surface area contributed by atoms with E-state index in [0.29, 0.717) is 6.07 Å². The van der Waals surface area contributed by atoms with E-state index in [2.05, 4.69) is 20.7 Å². The zero-order valence-electron chi connectivity index (χ0n) is 9.47. The van der Waals surface area contributed by atoms with E-state index in [1.807, 2.05) is 0 Å². The maximum Gasteiger partial charge on any atom is 0.573 e. The van der Waals surface area contributed by atoms with Gasteiger partial charge in [0, 0.05) is 11.1 Å². The minimum atomic E-state index is -5.01. The third-order valence-electron chi connectivity index (χ3n) is 2.06. The van der Waals surface area contributed by atoms with Crippen molar-refractivity contribution in [1.82, 2.24) is 0 Å². The van der Waals surface area contributed by atoms with Gasteiger partial charge in [-0.15, -0.1) is 13.2 Å². The Balaban J connectivity index is 3.22. The molecule has 0 aliphatic heterocycles. The Hall–Kier alpha value is -1.18. The van der Waals surface area contributed by atoms with Gasteiger partial charge >= 0.3 is 6.36 Å². The third-order valence-corrected chi connectivity index (χ3v) is 2.48. The number of benzene rings is 1. The molecule has 2 nitrogen and oxygen atoms in total. The van der Waals surface area contributed by atoms with Crippen LogP contribution in [0.1, 0.15) is 29.3 Å². The lowest BCUT2D eigenvalue weighted by molar-refractivity contribution is -0.274. The molecule has 0 aliphatic carbocycles. The number of carbonyl (C=O) groups is 1. The van der Waals surface area contributed by atoms with Crippen molar-refractivity contribution < 1.29 is 31.5 Å². The Morgan fingerprint density at radius 2 is 1.84 bits per heavy atom. The Morgan fingerprint density at radius 3 is 2.26 bits per heavy atom. The van der Waals surface area contributed by atoms with E-state index >= 15 is 0 Å². The summed E-state index contributed by atoms with van der Waals surface area (Å²) in [5.74, 6) is -1.46. The van der Waals surface area contributed by atoms with Crippen molar-refractivity contribution in [3.05, 3.63) is 29.3 Å². The largest absolute Gasteiger partial charge is 0.573 e. The van der Waals surface area contributed by atoms with Gasteiger partial charge in [-0.05, 0) is 25.1 Å². The van der Waals surface area contributed by atoms with E-state index in [1.165, 1.54) is 6.92 Å². The highest BCUT2D eigenvalue weighted by Gasteiger charge is 2.32. The average Bonchev–Trinajstić information content (AvgIpc) is 2.24. The molecule has 8 heteroatoms. The molecule has 0 radical (unpaired) electrons. The number of ether oxygens (including phenoxy) is 1. The summed E-state index contributed by atoms with van der Waals surface area (Å²) in [6.45, 7) is 1.43. The topological polar surface area (TPSA) is 26.3 Å². The summed E-state index contributed by atoms with van der Waals surface area (Å²) in [4.78, 5) is 10.9. The summed E-state index contributed by atoms with van der Waals surface area (Å²) in [6, 6.07) is 2.17. The SMILES string of the molecule is CC(Br)C(=O)c1cc(OC(F)(F)F)cc(C(F)F)c1.